The molecule has 0 aliphatic rings. The van der Waals surface area contributed by atoms with Gasteiger partial charge in [0.15, 0.2) is 5.78 Å². The van der Waals surface area contributed by atoms with Crippen molar-refractivity contribution in [1.29, 1.82) is 0 Å². The van der Waals surface area contributed by atoms with E-state index in [4.69, 9.17) is 0 Å². The number of hydrogen-bond donors (Lipinski definition) is 0. The number of rotatable bonds is 7. The molecule has 102 valence electrons. The first-order valence-corrected chi connectivity index (χ1v) is 6.61. The van der Waals surface area contributed by atoms with Gasteiger partial charge in [-0.15, -0.1) is 5.10 Å². The minimum Gasteiger partial charge on any atom is -0.297 e. The monoisotopic (exact) mass is 252 g/mol. The van der Waals surface area contributed by atoms with Crippen molar-refractivity contribution in [2.24, 2.45) is 7.05 Å². The molecule has 1 aromatic rings. The summed E-state index contributed by atoms with van der Waals surface area (Å²) in [5.41, 5.74) is 0.343. The lowest BCUT2D eigenvalue weighted by molar-refractivity contribution is -0.129. The largest absolute Gasteiger partial charge is 0.297 e. The molecule has 1 aromatic heterocycles. The topological polar surface area (TPSA) is 51.0 Å². The fraction of sp³-hybridized carbons (Fsp3) is 0.769. The first kappa shape index (κ1) is 14.8. The van der Waals surface area contributed by atoms with Crippen LogP contribution in [0, 0.1) is 0 Å². The summed E-state index contributed by atoms with van der Waals surface area (Å²) in [6.45, 7) is 10.0. The molecule has 0 saturated carbocycles. The molecule has 0 spiro atoms. The third-order valence-corrected chi connectivity index (χ3v) is 3.74. The van der Waals surface area contributed by atoms with Gasteiger partial charge in [0.1, 0.15) is 0 Å². The second kappa shape index (κ2) is 6.09. The lowest BCUT2D eigenvalue weighted by atomic mass is 9.88. The van der Waals surface area contributed by atoms with Gasteiger partial charge in [0, 0.05) is 13.2 Å². The van der Waals surface area contributed by atoms with Crippen LogP contribution in [0.2, 0.25) is 0 Å². The maximum Gasteiger partial charge on any atom is 0.158 e. The van der Waals surface area contributed by atoms with Gasteiger partial charge in [0.05, 0.1) is 17.7 Å². The maximum atomic E-state index is 12.5. The molecule has 0 aliphatic carbocycles. The smallest absolute Gasteiger partial charge is 0.158 e. The maximum absolute atomic E-state index is 12.5. The average molecular weight is 252 g/mol. The standard InChI is InChI=1S/C13H24N4O/c1-6-13(4,17(7-2)8-3)12(18)9-11-10-16(5)15-14-11/h10H,6-9H2,1-5H3. The molecule has 1 heterocycles. The van der Waals surface area contributed by atoms with Crippen LogP contribution in [0.5, 0.6) is 0 Å². The van der Waals surface area contributed by atoms with Gasteiger partial charge >= 0.3 is 0 Å². The van der Waals surface area contributed by atoms with E-state index in [1.54, 1.807) is 10.9 Å². The zero-order valence-corrected chi connectivity index (χ0v) is 12.1. The van der Waals surface area contributed by atoms with Crippen LogP contribution in [0.15, 0.2) is 6.20 Å². The first-order chi connectivity index (χ1) is 8.47. The molecule has 0 bridgehead atoms. The number of ketones is 1. The van der Waals surface area contributed by atoms with Crippen LogP contribution in [0.4, 0.5) is 0 Å². The summed E-state index contributed by atoms with van der Waals surface area (Å²) in [6, 6.07) is 0. The Bertz CT molecular complexity index is 397. The molecule has 1 unspecified atom stereocenters. The Morgan fingerprint density at radius 1 is 1.39 bits per heavy atom. The lowest BCUT2D eigenvalue weighted by Crippen LogP contribution is -2.52. The molecular weight excluding hydrogens is 228 g/mol. The fourth-order valence-corrected chi connectivity index (χ4v) is 2.35. The highest BCUT2D eigenvalue weighted by Gasteiger charge is 2.35. The second-order valence-electron chi connectivity index (χ2n) is 4.78. The minimum atomic E-state index is -0.402. The van der Waals surface area contributed by atoms with Gasteiger partial charge in [-0.1, -0.05) is 26.0 Å². The molecule has 0 N–H and O–H groups in total. The number of nitrogens with zero attached hydrogens (tertiary/aromatic N) is 4. The molecule has 0 aromatic carbocycles. The molecule has 5 nitrogen and oxygen atoms in total. The van der Waals surface area contributed by atoms with Gasteiger partial charge in [-0.25, -0.2) is 0 Å². The number of aromatic nitrogens is 3. The van der Waals surface area contributed by atoms with Crippen molar-refractivity contribution in [3.05, 3.63) is 11.9 Å². The molecule has 0 saturated heterocycles. The van der Waals surface area contributed by atoms with E-state index >= 15 is 0 Å². The highest BCUT2D eigenvalue weighted by atomic mass is 16.1. The molecule has 0 fully saturated rings. The summed E-state index contributed by atoms with van der Waals surface area (Å²) in [6.07, 6.45) is 2.97. The second-order valence-corrected chi connectivity index (χ2v) is 4.78. The molecule has 1 rings (SSSR count). The Hall–Kier alpha value is -1.23. The Morgan fingerprint density at radius 2 is 2.00 bits per heavy atom. The van der Waals surface area contributed by atoms with Crippen LogP contribution in [0.1, 0.15) is 39.8 Å². The van der Waals surface area contributed by atoms with Gasteiger partial charge in [-0.2, -0.15) is 0 Å². The van der Waals surface area contributed by atoms with Crippen LogP contribution in [0.25, 0.3) is 0 Å². The SMILES string of the molecule is CCN(CC)C(C)(CC)C(=O)Cc1cn(C)nn1. The van der Waals surface area contributed by atoms with Crippen molar-refractivity contribution >= 4 is 5.78 Å². The number of hydrogen-bond acceptors (Lipinski definition) is 4. The van der Waals surface area contributed by atoms with E-state index in [0.29, 0.717) is 6.42 Å². The van der Waals surface area contributed by atoms with Gasteiger partial charge < -0.3 is 0 Å². The Morgan fingerprint density at radius 3 is 2.39 bits per heavy atom. The van der Waals surface area contributed by atoms with Gasteiger partial charge in [0.2, 0.25) is 0 Å². The van der Waals surface area contributed by atoms with Crippen molar-refractivity contribution < 1.29 is 4.79 Å². The number of aryl methyl sites for hydroxylation is 1. The summed E-state index contributed by atoms with van der Waals surface area (Å²) >= 11 is 0. The molecule has 1 atom stereocenters. The normalized spacial score (nSPS) is 14.8. The Labute approximate surface area is 109 Å². The van der Waals surface area contributed by atoms with E-state index in [2.05, 4.69) is 36.0 Å². The van der Waals surface area contributed by atoms with Crippen molar-refractivity contribution in [1.82, 2.24) is 19.9 Å². The summed E-state index contributed by atoms with van der Waals surface area (Å²) in [5, 5.41) is 7.85. The van der Waals surface area contributed by atoms with Crippen LogP contribution >= 0.6 is 0 Å². The van der Waals surface area contributed by atoms with Crippen LogP contribution in [-0.2, 0) is 18.3 Å². The van der Waals surface area contributed by atoms with E-state index < -0.39 is 5.54 Å². The van der Waals surface area contributed by atoms with Crippen LogP contribution in [-0.4, -0.2) is 44.3 Å². The number of Topliss-reactive ketones (excluding diaryl/α,β-unsaturated/α-hetero) is 1. The lowest BCUT2D eigenvalue weighted by Gasteiger charge is -2.38. The Kier molecular flexibility index (Phi) is 5.02. The van der Waals surface area contributed by atoms with Crippen molar-refractivity contribution in [2.45, 2.75) is 46.1 Å². The quantitative estimate of drug-likeness (QED) is 0.737. The average Bonchev–Trinajstić information content (AvgIpc) is 2.75. The third kappa shape index (κ3) is 2.96. The zero-order valence-electron chi connectivity index (χ0n) is 12.1. The summed E-state index contributed by atoms with van der Waals surface area (Å²) in [5.74, 6) is 0.217. The number of likely N-dealkylation sites (N-methyl/N-ethyl adjacent to an activating group) is 1. The highest BCUT2D eigenvalue weighted by molar-refractivity contribution is 5.89. The predicted octanol–water partition coefficient (Wildman–Crippen LogP) is 1.44. The van der Waals surface area contributed by atoms with Gasteiger partial charge in [-0.05, 0) is 26.4 Å². The van der Waals surface area contributed by atoms with E-state index in [0.717, 1.165) is 25.2 Å². The minimum absolute atomic E-state index is 0.217. The third-order valence-electron chi connectivity index (χ3n) is 3.74. The summed E-state index contributed by atoms with van der Waals surface area (Å²) in [7, 11) is 1.81. The van der Waals surface area contributed by atoms with Crippen LogP contribution in [0.3, 0.4) is 0 Å². The molecule has 18 heavy (non-hydrogen) atoms. The van der Waals surface area contributed by atoms with Crippen molar-refractivity contribution in [3.8, 4) is 0 Å². The van der Waals surface area contributed by atoms with E-state index in [9.17, 15) is 4.79 Å². The van der Waals surface area contributed by atoms with Gasteiger partial charge in [0.25, 0.3) is 0 Å². The Balaban J connectivity index is 2.84. The van der Waals surface area contributed by atoms with Gasteiger partial charge in [-0.3, -0.25) is 14.4 Å². The highest BCUT2D eigenvalue weighted by Crippen LogP contribution is 2.22. The van der Waals surface area contributed by atoms with Crippen molar-refractivity contribution in [3.63, 3.8) is 0 Å². The zero-order chi connectivity index (χ0) is 13.8. The fourth-order valence-electron chi connectivity index (χ4n) is 2.35. The van der Waals surface area contributed by atoms with E-state index in [1.807, 2.05) is 14.0 Å². The predicted molar refractivity (Wildman–Crippen MR) is 71.3 cm³/mol. The number of carbonyl (C=O) groups excluding carboxylic acids is 1. The first-order valence-electron chi connectivity index (χ1n) is 6.61. The van der Waals surface area contributed by atoms with Crippen LogP contribution < -0.4 is 0 Å². The van der Waals surface area contributed by atoms with E-state index in [1.165, 1.54) is 0 Å². The summed E-state index contributed by atoms with van der Waals surface area (Å²) < 4.78 is 1.63. The molecular formula is C13H24N4O. The number of carbonyl (C=O) groups is 1. The van der Waals surface area contributed by atoms with E-state index in [-0.39, 0.29) is 5.78 Å². The molecule has 0 radical (unpaired) electrons. The molecule has 0 amide bonds. The molecule has 0 aliphatic heterocycles. The summed E-state index contributed by atoms with van der Waals surface area (Å²) in [4.78, 5) is 14.7. The molecule has 5 heteroatoms. The van der Waals surface area contributed by atoms with Crippen molar-refractivity contribution in [2.75, 3.05) is 13.1 Å².